The maximum Gasteiger partial charge on any atom is 0.220 e. The number of rotatable bonds is 53. The third-order valence-electron chi connectivity index (χ3n) is 14.5. The van der Waals surface area contributed by atoms with Crippen LogP contribution in [-0.2, 0) is 14.3 Å². The molecule has 9 heteroatoms. The molecule has 1 heterocycles. The first-order chi connectivity index (χ1) is 37.3. The molecule has 0 aromatic rings. The second kappa shape index (κ2) is 55.4. The average molecular weight is 1060 g/mol. The smallest absolute Gasteiger partial charge is 0.220 e. The van der Waals surface area contributed by atoms with Gasteiger partial charge in [-0.1, -0.05) is 278 Å². The fourth-order valence-corrected chi connectivity index (χ4v) is 9.53. The van der Waals surface area contributed by atoms with E-state index in [4.69, 9.17) is 9.47 Å². The first kappa shape index (κ1) is 71.1. The second-order valence-electron chi connectivity index (χ2n) is 21.5. The number of carbonyl (C=O) groups excluding carboxylic acids is 1. The third kappa shape index (κ3) is 44.0. The maximum absolute atomic E-state index is 13.1. The number of aliphatic hydroxyl groups excluding tert-OH is 5. The molecule has 0 radical (unpaired) electrons. The molecule has 7 unspecified atom stereocenters. The Hall–Kier alpha value is -2.89. The molecule has 1 amide bonds. The molecule has 0 bridgehead atoms. The molecule has 1 aliphatic heterocycles. The summed E-state index contributed by atoms with van der Waals surface area (Å²) in [4.78, 5) is 13.1. The normalized spacial score (nSPS) is 19.5. The Kier molecular flexibility index (Phi) is 51.9. The summed E-state index contributed by atoms with van der Waals surface area (Å²) in [6.07, 6.45) is 72.9. The third-order valence-corrected chi connectivity index (χ3v) is 14.5. The molecular formula is C67H117NO8. The van der Waals surface area contributed by atoms with Crippen molar-refractivity contribution in [2.75, 3.05) is 13.2 Å². The molecule has 0 aromatic heterocycles. The number of hydrogen-bond acceptors (Lipinski definition) is 8. The number of hydrogen-bond donors (Lipinski definition) is 6. The van der Waals surface area contributed by atoms with Crippen LogP contribution in [0.15, 0.2) is 97.2 Å². The minimum atomic E-state index is -1.56. The molecule has 9 nitrogen and oxygen atoms in total. The number of nitrogens with one attached hydrogen (secondary N) is 1. The lowest BCUT2D eigenvalue weighted by Crippen LogP contribution is -2.60. The predicted molar refractivity (Wildman–Crippen MR) is 322 cm³/mol. The number of allylic oxidation sites excluding steroid dienone is 16. The minimum Gasteiger partial charge on any atom is -0.394 e. The van der Waals surface area contributed by atoms with Crippen molar-refractivity contribution >= 4 is 5.91 Å². The molecule has 0 aliphatic carbocycles. The maximum atomic E-state index is 13.1. The summed E-state index contributed by atoms with van der Waals surface area (Å²) in [5.41, 5.74) is 0. The topological polar surface area (TPSA) is 149 Å². The number of ether oxygens (including phenoxy) is 2. The highest BCUT2D eigenvalue weighted by atomic mass is 16.7. The van der Waals surface area contributed by atoms with Gasteiger partial charge in [-0.05, 0) is 77.0 Å². The van der Waals surface area contributed by atoms with Crippen LogP contribution in [0.3, 0.4) is 0 Å². The lowest BCUT2D eigenvalue weighted by molar-refractivity contribution is -0.302. The van der Waals surface area contributed by atoms with Crippen molar-refractivity contribution < 1.29 is 39.8 Å². The molecule has 438 valence electrons. The first-order valence-electron chi connectivity index (χ1n) is 31.4. The van der Waals surface area contributed by atoms with Gasteiger partial charge in [0.05, 0.1) is 25.4 Å². The van der Waals surface area contributed by atoms with Crippen molar-refractivity contribution in [1.82, 2.24) is 5.32 Å². The summed E-state index contributed by atoms with van der Waals surface area (Å²) < 4.78 is 11.3. The van der Waals surface area contributed by atoms with Crippen molar-refractivity contribution in [3.63, 3.8) is 0 Å². The van der Waals surface area contributed by atoms with Crippen LogP contribution < -0.4 is 5.32 Å². The zero-order valence-corrected chi connectivity index (χ0v) is 48.7. The van der Waals surface area contributed by atoms with Crippen LogP contribution in [0.1, 0.15) is 264 Å². The van der Waals surface area contributed by atoms with Crippen molar-refractivity contribution in [3.8, 4) is 0 Å². The molecule has 76 heavy (non-hydrogen) atoms. The van der Waals surface area contributed by atoms with Gasteiger partial charge in [0, 0.05) is 6.42 Å². The number of carbonyl (C=O) groups is 1. The lowest BCUT2D eigenvalue weighted by atomic mass is 9.99. The molecule has 1 fully saturated rings. The van der Waals surface area contributed by atoms with Crippen LogP contribution in [0.5, 0.6) is 0 Å². The molecular weight excluding hydrogens is 947 g/mol. The fraction of sp³-hybridized carbons (Fsp3) is 0.746. The lowest BCUT2D eigenvalue weighted by Gasteiger charge is -2.40. The van der Waals surface area contributed by atoms with Gasteiger partial charge in [-0.15, -0.1) is 0 Å². The second-order valence-corrected chi connectivity index (χ2v) is 21.5. The SMILES string of the molecule is CC/C=C\C/C=C\C/C=C\C/C=C\C/C=C\C/C=C\C/C=C\C/C=C\CCCCCCCCCCC(=O)NC(COC1OC(CO)C(O)C(O)C1O)C(O)CCCCCCCCCCCCCCCCCCCCCC. The van der Waals surface area contributed by atoms with Crippen LogP contribution in [0, 0.1) is 0 Å². The van der Waals surface area contributed by atoms with Crippen molar-refractivity contribution in [3.05, 3.63) is 97.2 Å². The first-order valence-corrected chi connectivity index (χ1v) is 31.4. The standard InChI is InChI=1S/C67H117NO8/c1-3-5-7-9-11-13-15-17-19-21-23-25-26-27-28-29-30-31-32-33-34-35-36-37-39-41-43-45-47-49-51-53-55-57-63(71)68-60(59-75-67-66(74)65(73)64(72)62(58-69)76-67)61(70)56-54-52-50-48-46-44-42-40-38-24-22-20-18-16-14-12-10-8-6-4-2/h5,7,11,13,17,19,23,25,27-28,30-31,33-34,36-37,60-62,64-67,69-70,72-74H,3-4,6,8-10,12,14-16,18,20-22,24,26,29,32,35,38-59H2,1-2H3,(H,68,71)/b7-5-,13-11-,19-17-,25-23-,28-27-,31-30-,34-33-,37-36-. The summed E-state index contributed by atoms with van der Waals surface area (Å²) in [6.45, 7) is 3.74. The van der Waals surface area contributed by atoms with Crippen LogP contribution in [0.4, 0.5) is 0 Å². The van der Waals surface area contributed by atoms with Gasteiger partial charge in [-0.3, -0.25) is 4.79 Å². The van der Waals surface area contributed by atoms with Gasteiger partial charge in [0.2, 0.25) is 5.91 Å². The Bertz CT molecular complexity index is 1510. The highest BCUT2D eigenvalue weighted by Crippen LogP contribution is 2.23. The van der Waals surface area contributed by atoms with Gasteiger partial charge in [0.1, 0.15) is 24.4 Å². The van der Waals surface area contributed by atoms with E-state index >= 15 is 0 Å². The van der Waals surface area contributed by atoms with Crippen molar-refractivity contribution in [2.45, 2.75) is 307 Å². The van der Waals surface area contributed by atoms with Gasteiger partial charge in [0.25, 0.3) is 0 Å². The fourth-order valence-electron chi connectivity index (χ4n) is 9.53. The number of unbranched alkanes of at least 4 members (excludes halogenated alkanes) is 27. The highest BCUT2D eigenvalue weighted by Gasteiger charge is 2.44. The molecule has 1 rings (SSSR count). The van der Waals surface area contributed by atoms with E-state index in [2.05, 4.69) is 116 Å². The van der Waals surface area contributed by atoms with Gasteiger partial charge < -0.3 is 40.3 Å². The van der Waals surface area contributed by atoms with Crippen LogP contribution in [0.25, 0.3) is 0 Å². The van der Waals surface area contributed by atoms with E-state index in [1.165, 1.54) is 135 Å². The van der Waals surface area contributed by atoms with E-state index in [0.717, 1.165) is 103 Å². The van der Waals surface area contributed by atoms with Crippen LogP contribution in [0.2, 0.25) is 0 Å². The zero-order valence-electron chi connectivity index (χ0n) is 48.7. The van der Waals surface area contributed by atoms with Crippen LogP contribution >= 0.6 is 0 Å². The summed E-state index contributed by atoms with van der Waals surface area (Å²) in [5.74, 6) is -0.154. The molecule has 0 saturated carbocycles. The quantitative estimate of drug-likeness (QED) is 0.0261. The average Bonchev–Trinajstić information content (AvgIpc) is 3.42. The molecule has 1 aliphatic rings. The Morgan fingerprint density at radius 1 is 0.461 bits per heavy atom. The molecule has 0 aromatic carbocycles. The Labute approximate surface area is 466 Å². The van der Waals surface area contributed by atoms with Gasteiger partial charge in [-0.25, -0.2) is 0 Å². The summed E-state index contributed by atoms with van der Waals surface area (Å²) in [5, 5.41) is 54.8. The van der Waals surface area contributed by atoms with E-state index in [9.17, 15) is 30.3 Å². The van der Waals surface area contributed by atoms with E-state index in [-0.39, 0.29) is 12.5 Å². The van der Waals surface area contributed by atoms with E-state index in [1.807, 2.05) is 0 Å². The molecule has 6 N–H and O–H groups in total. The largest absolute Gasteiger partial charge is 0.394 e. The van der Waals surface area contributed by atoms with E-state index in [1.54, 1.807) is 0 Å². The number of amides is 1. The number of aliphatic hydroxyl groups is 5. The summed E-state index contributed by atoms with van der Waals surface area (Å²) in [7, 11) is 0. The Balaban J connectivity index is 2.19. The van der Waals surface area contributed by atoms with E-state index < -0.39 is 49.5 Å². The predicted octanol–water partition coefficient (Wildman–Crippen LogP) is 16.4. The molecule has 7 atom stereocenters. The monoisotopic (exact) mass is 1060 g/mol. The zero-order chi connectivity index (χ0) is 55.0. The summed E-state index contributed by atoms with van der Waals surface area (Å²) >= 11 is 0. The highest BCUT2D eigenvalue weighted by molar-refractivity contribution is 5.76. The summed E-state index contributed by atoms with van der Waals surface area (Å²) in [6, 6.07) is -0.731. The minimum absolute atomic E-state index is 0.145. The van der Waals surface area contributed by atoms with Crippen LogP contribution in [-0.4, -0.2) is 87.5 Å². The molecule has 0 spiro atoms. The Morgan fingerprint density at radius 2 is 0.816 bits per heavy atom. The Morgan fingerprint density at radius 3 is 1.21 bits per heavy atom. The molecule has 1 saturated heterocycles. The van der Waals surface area contributed by atoms with Gasteiger partial charge in [0.15, 0.2) is 6.29 Å². The van der Waals surface area contributed by atoms with Crippen molar-refractivity contribution in [1.29, 1.82) is 0 Å². The van der Waals surface area contributed by atoms with E-state index in [0.29, 0.717) is 12.8 Å². The van der Waals surface area contributed by atoms with Gasteiger partial charge >= 0.3 is 0 Å². The van der Waals surface area contributed by atoms with Gasteiger partial charge in [-0.2, -0.15) is 0 Å². The van der Waals surface area contributed by atoms with Crippen molar-refractivity contribution in [2.24, 2.45) is 0 Å².